The van der Waals surface area contributed by atoms with Crippen LogP contribution in [0.5, 0.6) is 5.75 Å². The molecule has 9 heteroatoms. The van der Waals surface area contributed by atoms with E-state index >= 15 is 0 Å². The van der Waals surface area contributed by atoms with Gasteiger partial charge in [-0.3, -0.25) is 14.9 Å². The maximum absolute atomic E-state index is 11.9. The zero-order valence-electron chi connectivity index (χ0n) is 8.73. The van der Waals surface area contributed by atoms with Gasteiger partial charge >= 0.3 is 18.8 Å². The van der Waals surface area contributed by atoms with Crippen molar-refractivity contribution in [3.05, 3.63) is 34.4 Å². The Kier molecular flexibility index (Phi) is 4.08. The SMILES string of the molecule is O=C(Nc1ccc(OC[N+](=O)[O-])cc1)C(F)(F)F. The first-order chi connectivity index (χ1) is 8.29. The molecular weight excluding hydrogens is 257 g/mol. The van der Waals surface area contributed by atoms with Gasteiger partial charge < -0.3 is 10.1 Å². The number of rotatable bonds is 4. The van der Waals surface area contributed by atoms with Crippen molar-refractivity contribution in [3.8, 4) is 5.75 Å². The minimum atomic E-state index is -4.97. The van der Waals surface area contributed by atoms with Crippen molar-refractivity contribution in [2.75, 3.05) is 12.0 Å². The second kappa shape index (κ2) is 5.34. The Bertz CT molecular complexity index is 444. The Morgan fingerprint density at radius 2 is 1.89 bits per heavy atom. The summed E-state index contributed by atoms with van der Waals surface area (Å²) in [5.41, 5.74) is -0.0919. The van der Waals surface area contributed by atoms with E-state index < -0.39 is 23.7 Å². The molecule has 1 amide bonds. The summed E-state index contributed by atoms with van der Waals surface area (Å²) in [5.74, 6) is -1.99. The molecule has 0 saturated carbocycles. The largest absolute Gasteiger partial charge is 0.471 e. The van der Waals surface area contributed by atoms with Gasteiger partial charge in [-0.05, 0) is 24.3 Å². The third-order valence-electron chi connectivity index (χ3n) is 1.71. The normalized spacial score (nSPS) is 10.8. The van der Waals surface area contributed by atoms with Crippen molar-refractivity contribution in [2.45, 2.75) is 6.18 Å². The van der Waals surface area contributed by atoms with E-state index in [9.17, 15) is 28.1 Å². The van der Waals surface area contributed by atoms with Gasteiger partial charge in [0.15, 0.2) is 0 Å². The predicted octanol–water partition coefficient (Wildman–Crippen LogP) is 1.80. The number of carbonyl (C=O) groups excluding carboxylic acids is 1. The molecule has 0 aliphatic rings. The maximum Gasteiger partial charge on any atom is 0.471 e. The fraction of sp³-hybridized carbons (Fsp3) is 0.222. The van der Waals surface area contributed by atoms with Gasteiger partial charge in [0.05, 0.1) is 4.92 Å². The Balaban J connectivity index is 2.60. The standard InChI is InChI=1S/C9H7F3N2O4/c10-9(11,12)8(15)13-6-1-3-7(4-2-6)18-5-14(16)17/h1-4H,5H2,(H,13,15). The number of anilines is 1. The van der Waals surface area contributed by atoms with Crippen LogP contribution in [0.1, 0.15) is 0 Å². The number of nitrogens with one attached hydrogen (secondary N) is 1. The van der Waals surface area contributed by atoms with E-state index in [1.807, 2.05) is 0 Å². The molecule has 0 saturated heterocycles. The van der Waals surface area contributed by atoms with Crippen LogP contribution in [-0.4, -0.2) is 23.7 Å². The fourth-order valence-corrected chi connectivity index (χ4v) is 0.964. The number of amides is 1. The summed E-state index contributed by atoms with van der Waals surface area (Å²) >= 11 is 0. The molecule has 0 unspecified atom stereocenters. The molecule has 1 rings (SSSR count). The van der Waals surface area contributed by atoms with Crippen LogP contribution >= 0.6 is 0 Å². The molecular formula is C9H7F3N2O4. The number of hydrogen-bond donors (Lipinski definition) is 1. The van der Waals surface area contributed by atoms with Gasteiger partial charge in [-0.25, -0.2) is 0 Å². The van der Waals surface area contributed by atoms with E-state index in [1.54, 1.807) is 5.32 Å². The minimum Gasteiger partial charge on any atom is -0.432 e. The van der Waals surface area contributed by atoms with Crippen LogP contribution in [-0.2, 0) is 4.79 Å². The number of hydrogen-bond acceptors (Lipinski definition) is 4. The number of halogens is 3. The lowest BCUT2D eigenvalue weighted by molar-refractivity contribution is -0.514. The number of benzene rings is 1. The van der Waals surface area contributed by atoms with Crippen molar-refractivity contribution in [3.63, 3.8) is 0 Å². The van der Waals surface area contributed by atoms with Crippen LogP contribution in [0, 0.1) is 10.1 Å². The van der Waals surface area contributed by atoms with Crippen LogP contribution in [0.25, 0.3) is 0 Å². The van der Waals surface area contributed by atoms with Gasteiger partial charge in [-0.15, -0.1) is 0 Å². The second-order valence-corrected chi connectivity index (χ2v) is 3.08. The van der Waals surface area contributed by atoms with Crippen LogP contribution < -0.4 is 10.1 Å². The first kappa shape index (κ1) is 13.7. The highest BCUT2D eigenvalue weighted by Gasteiger charge is 2.38. The van der Waals surface area contributed by atoms with Gasteiger partial charge in [-0.2, -0.15) is 13.2 Å². The van der Waals surface area contributed by atoms with Gasteiger partial charge in [0, 0.05) is 5.69 Å². The number of alkyl halides is 3. The van der Waals surface area contributed by atoms with Crippen molar-refractivity contribution >= 4 is 11.6 Å². The molecule has 1 N–H and O–H groups in total. The first-order valence-corrected chi connectivity index (χ1v) is 4.52. The fourth-order valence-electron chi connectivity index (χ4n) is 0.964. The highest BCUT2D eigenvalue weighted by atomic mass is 19.4. The van der Waals surface area contributed by atoms with Gasteiger partial charge in [0.2, 0.25) is 0 Å². The lowest BCUT2D eigenvalue weighted by Crippen LogP contribution is -2.29. The summed E-state index contributed by atoms with van der Waals surface area (Å²) in [6, 6.07) is 4.68. The van der Waals surface area contributed by atoms with Crippen molar-refractivity contribution in [1.82, 2.24) is 0 Å². The van der Waals surface area contributed by atoms with E-state index in [2.05, 4.69) is 4.74 Å². The van der Waals surface area contributed by atoms with E-state index in [0.29, 0.717) is 0 Å². The summed E-state index contributed by atoms with van der Waals surface area (Å²) in [7, 11) is 0. The zero-order valence-corrected chi connectivity index (χ0v) is 8.73. The Labute approximate surface area is 98.5 Å². The minimum absolute atomic E-state index is 0.0919. The average Bonchev–Trinajstić information content (AvgIpc) is 2.26. The number of carbonyl (C=O) groups is 1. The number of nitro groups is 1. The van der Waals surface area contributed by atoms with Crippen LogP contribution in [0.4, 0.5) is 18.9 Å². The molecule has 0 radical (unpaired) electrons. The molecule has 0 aromatic heterocycles. The maximum atomic E-state index is 11.9. The Morgan fingerprint density at radius 3 is 2.33 bits per heavy atom. The second-order valence-electron chi connectivity index (χ2n) is 3.08. The predicted molar refractivity (Wildman–Crippen MR) is 53.6 cm³/mol. The van der Waals surface area contributed by atoms with Crippen LogP contribution in [0.2, 0.25) is 0 Å². The first-order valence-electron chi connectivity index (χ1n) is 4.52. The van der Waals surface area contributed by atoms with E-state index in [1.165, 1.54) is 12.1 Å². The Morgan fingerprint density at radius 1 is 1.33 bits per heavy atom. The van der Waals surface area contributed by atoms with Gasteiger partial charge in [0.1, 0.15) is 5.75 Å². The van der Waals surface area contributed by atoms with Gasteiger partial charge in [-0.1, -0.05) is 0 Å². The molecule has 98 valence electrons. The summed E-state index contributed by atoms with van der Waals surface area (Å²) in [4.78, 5) is 19.9. The third-order valence-corrected chi connectivity index (χ3v) is 1.71. The molecule has 0 aliphatic heterocycles. The molecule has 6 nitrogen and oxygen atoms in total. The monoisotopic (exact) mass is 264 g/mol. The van der Waals surface area contributed by atoms with E-state index in [0.717, 1.165) is 12.1 Å². The van der Waals surface area contributed by atoms with Crippen LogP contribution in [0.15, 0.2) is 24.3 Å². The molecule has 1 aromatic rings. The zero-order chi connectivity index (χ0) is 13.8. The van der Waals surface area contributed by atoms with Crippen molar-refractivity contribution in [1.29, 1.82) is 0 Å². The highest BCUT2D eigenvalue weighted by Crippen LogP contribution is 2.20. The lowest BCUT2D eigenvalue weighted by atomic mass is 10.3. The van der Waals surface area contributed by atoms with Crippen LogP contribution in [0.3, 0.4) is 0 Å². The quantitative estimate of drug-likeness (QED) is 0.510. The molecule has 0 aliphatic carbocycles. The topological polar surface area (TPSA) is 81.5 Å². The average molecular weight is 264 g/mol. The molecule has 0 spiro atoms. The number of ether oxygens (including phenoxy) is 1. The molecule has 0 bridgehead atoms. The molecule has 0 heterocycles. The summed E-state index contributed by atoms with van der Waals surface area (Å²) in [6.07, 6.45) is -4.97. The summed E-state index contributed by atoms with van der Waals surface area (Å²) < 4.78 is 40.4. The summed E-state index contributed by atoms with van der Waals surface area (Å²) in [6.45, 7) is -0.756. The third kappa shape index (κ3) is 4.28. The van der Waals surface area contributed by atoms with Crippen molar-refractivity contribution < 1.29 is 27.6 Å². The highest BCUT2D eigenvalue weighted by molar-refractivity contribution is 5.94. The molecule has 1 aromatic carbocycles. The molecule has 18 heavy (non-hydrogen) atoms. The molecule has 0 fully saturated rings. The smallest absolute Gasteiger partial charge is 0.432 e. The molecule has 0 atom stereocenters. The van der Waals surface area contributed by atoms with Gasteiger partial charge in [0.25, 0.3) is 0 Å². The van der Waals surface area contributed by atoms with Crippen molar-refractivity contribution in [2.24, 2.45) is 0 Å². The van der Waals surface area contributed by atoms with E-state index in [-0.39, 0.29) is 11.4 Å². The van der Waals surface area contributed by atoms with E-state index in [4.69, 9.17) is 0 Å². The summed E-state index contributed by atoms with van der Waals surface area (Å²) in [5, 5.41) is 11.6. The Hall–Kier alpha value is -2.32. The lowest BCUT2D eigenvalue weighted by Gasteiger charge is -2.08. The number of nitrogens with zero attached hydrogens (tertiary/aromatic N) is 1.